The highest BCUT2D eigenvalue weighted by Crippen LogP contribution is 2.25. The Hall–Kier alpha value is -0.210. The zero-order chi connectivity index (χ0) is 8.27. The minimum atomic E-state index is 0.781. The van der Waals surface area contributed by atoms with Gasteiger partial charge in [-0.15, -0.1) is 0 Å². The second kappa shape index (κ2) is 3.98. The average molecular weight is 235 g/mol. The molecule has 11 heavy (non-hydrogen) atoms. The van der Waals surface area contributed by atoms with E-state index in [1.807, 2.05) is 25.2 Å². The van der Waals surface area contributed by atoms with Crippen LogP contribution in [-0.2, 0) is 5.33 Å². The number of halogens is 2. The highest BCUT2D eigenvalue weighted by atomic mass is 79.9. The molecule has 0 saturated carbocycles. The monoisotopic (exact) mass is 233 g/mol. The van der Waals surface area contributed by atoms with E-state index in [9.17, 15) is 0 Å². The Balaban J connectivity index is 3.13. The van der Waals surface area contributed by atoms with Crippen molar-refractivity contribution >= 4 is 33.2 Å². The van der Waals surface area contributed by atoms with Crippen LogP contribution in [0.3, 0.4) is 0 Å². The van der Waals surface area contributed by atoms with Crippen molar-refractivity contribution in [1.82, 2.24) is 0 Å². The van der Waals surface area contributed by atoms with Crippen LogP contribution < -0.4 is 5.32 Å². The van der Waals surface area contributed by atoms with Crippen LogP contribution in [0.25, 0.3) is 0 Å². The van der Waals surface area contributed by atoms with Gasteiger partial charge in [-0.25, -0.2) is 0 Å². The van der Waals surface area contributed by atoms with Crippen LogP contribution >= 0.6 is 27.5 Å². The fourth-order valence-corrected chi connectivity index (χ4v) is 1.94. The largest absolute Gasteiger partial charge is 0.388 e. The Morgan fingerprint density at radius 2 is 2.27 bits per heavy atom. The van der Waals surface area contributed by atoms with Crippen LogP contribution in [0.15, 0.2) is 18.2 Å². The van der Waals surface area contributed by atoms with Gasteiger partial charge >= 0.3 is 0 Å². The summed E-state index contributed by atoms with van der Waals surface area (Å²) >= 11 is 9.31. The molecule has 0 aliphatic carbocycles. The number of hydrogen-bond acceptors (Lipinski definition) is 1. The lowest BCUT2D eigenvalue weighted by Gasteiger charge is -2.07. The molecule has 0 amide bonds. The van der Waals surface area contributed by atoms with Crippen molar-refractivity contribution in [2.24, 2.45) is 0 Å². The summed E-state index contributed by atoms with van der Waals surface area (Å²) in [5.74, 6) is 0. The van der Waals surface area contributed by atoms with Gasteiger partial charge in [0.05, 0.1) is 0 Å². The second-order valence-electron chi connectivity index (χ2n) is 2.15. The van der Waals surface area contributed by atoms with Crippen LogP contribution in [0, 0.1) is 0 Å². The van der Waals surface area contributed by atoms with Gasteiger partial charge in [-0.05, 0) is 12.1 Å². The van der Waals surface area contributed by atoms with Crippen LogP contribution in [0.5, 0.6) is 0 Å². The lowest BCUT2D eigenvalue weighted by Crippen LogP contribution is -1.93. The molecule has 0 spiro atoms. The highest BCUT2D eigenvalue weighted by molar-refractivity contribution is 9.08. The van der Waals surface area contributed by atoms with E-state index >= 15 is 0 Å². The standard InChI is InChI=1S/C8H9BrClN/c1-11-8-4-2-3-7(10)6(8)5-9/h2-4,11H,5H2,1H3. The number of benzene rings is 1. The molecule has 0 heterocycles. The van der Waals surface area contributed by atoms with E-state index in [1.165, 1.54) is 0 Å². The third kappa shape index (κ3) is 1.88. The molecule has 1 aromatic rings. The molecule has 0 aliphatic rings. The Morgan fingerprint density at radius 1 is 1.55 bits per heavy atom. The SMILES string of the molecule is CNc1cccc(Cl)c1CBr. The van der Waals surface area contributed by atoms with Gasteiger partial charge in [-0.1, -0.05) is 33.6 Å². The lowest BCUT2D eigenvalue weighted by atomic mass is 10.2. The van der Waals surface area contributed by atoms with Gasteiger partial charge in [0.2, 0.25) is 0 Å². The maximum Gasteiger partial charge on any atom is 0.0467 e. The first-order chi connectivity index (χ1) is 5.29. The zero-order valence-electron chi connectivity index (χ0n) is 6.20. The number of rotatable bonds is 2. The Labute approximate surface area is 79.9 Å². The fourth-order valence-electron chi connectivity index (χ4n) is 0.929. The van der Waals surface area contributed by atoms with Crippen molar-refractivity contribution in [1.29, 1.82) is 0 Å². The number of alkyl halides is 1. The summed E-state index contributed by atoms with van der Waals surface area (Å²) in [5.41, 5.74) is 2.19. The summed E-state index contributed by atoms with van der Waals surface area (Å²) in [4.78, 5) is 0. The molecule has 1 rings (SSSR count). The topological polar surface area (TPSA) is 12.0 Å². The summed E-state index contributed by atoms with van der Waals surface area (Å²) in [6.45, 7) is 0. The van der Waals surface area contributed by atoms with Crippen LogP contribution in [-0.4, -0.2) is 7.05 Å². The van der Waals surface area contributed by atoms with E-state index in [4.69, 9.17) is 11.6 Å². The van der Waals surface area contributed by atoms with E-state index in [1.54, 1.807) is 0 Å². The molecule has 1 nitrogen and oxygen atoms in total. The molecule has 0 aromatic heterocycles. The van der Waals surface area contributed by atoms with Gasteiger partial charge in [0.25, 0.3) is 0 Å². The van der Waals surface area contributed by atoms with Crippen molar-refractivity contribution in [2.75, 3.05) is 12.4 Å². The molecule has 0 fully saturated rings. The molecule has 60 valence electrons. The minimum absolute atomic E-state index is 0.781. The predicted octanol–water partition coefficient (Wildman–Crippen LogP) is 3.28. The summed E-state index contributed by atoms with van der Waals surface area (Å²) in [6, 6.07) is 5.82. The highest BCUT2D eigenvalue weighted by Gasteiger charge is 2.02. The second-order valence-corrected chi connectivity index (χ2v) is 3.12. The van der Waals surface area contributed by atoms with Crippen molar-refractivity contribution in [3.63, 3.8) is 0 Å². The molecule has 1 N–H and O–H groups in total. The van der Waals surface area contributed by atoms with Crippen molar-refractivity contribution < 1.29 is 0 Å². The van der Waals surface area contributed by atoms with E-state index in [-0.39, 0.29) is 0 Å². The third-order valence-electron chi connectivity index (χ3n) is 1.52. The molecule has 1 aromatic carbocycles. The van der Waals surface area contributed by atoms with E-state index in [0.717, 1.165) is 21.6 Å². The average Bonchev–Trinajstić information content (AvgIpc) is 2.04. The van der Waals surface area contributed by atoms with Crippen LogP contribution in [0.1, 0.15) is 5.56 Å². The Morgan fingerprint density at radius 3 is 2.73 bits per heavy atom. The molecule has 0 atom stereocenters. The van der Waals surface area contributed by atoms with Crippen molar-refractivity contribution in [2.45, 2.75) is 5.33 Å². The van der Waals surface area contributed by atoms with E-state index < -0.39 is 0 Å². The first kappa shape index (κ1) is 8.88. The summed E-state index contributed by atoms with van der Waals surface area (Å²) in [6.07, 6.45) is 0. The quantitative estimate of drug-likeness (QED) is 0.775. The maximum atomic E-state index is 5.94. The van der Waals surface area contributed by atoms with E-state index in [0.29, 0.717) is 0 Å². The maximum absolute atomic E-state index is 5.94. The van der Waals surface area contributed by atoms with Crippen molar-refractivity contribution in [3.05, 3.63) is 28.8 Å². The molecule has 0 bridgehead atoms. The first-order valence-electron chi connectivity index (χ1n) is 3.30. The Bertz CT molecular complexity index is 250. The van der Waals surface area contributed by atoms with Gasteiger partial charge in [0.15, 0.2) is 0 Å². The molecule has 0 unspecified atom stereocenters. The summed E-state index contributed by atoms with van der Waals surface area (Å²) in [7, 11) is 1.89. The molecule has 0 aliphatic heterocycles. The normalized spacial score (nSPS) is 9.73. The third-order valence-corrected chi connectivity index (χ3v) is 2.44. The summed E-state index contributed by atoms with van der Waals surface area (Å²) in [5, 5.41) is 4.65. The Kier molecular flexibility index (Phi) is 3.21. The molecule has 3 heteroatoms. The van der Waals surface area contributed by atoms with Crippen molar-refractivity contribution in [3.8, 4) is 0 Å². The smallest absolute Gasteiger partial charge is 0.0467 e. The summed E-state index contributed by atoms with van der Waals surface area (Å²) < 4.78 is 0. The zero-order valence-corrected chi connectivity index (χ0v) is 8.54. The van der Waals surface area contributed by atoms with Gasteiger partial charge in [0.1, 0.15) is 0 Å². The van der Waals surface area contributed by atoms with Crippen LogP contribution in [0.4, 0.5) is 5.69 Å². The molecule has 0 saturated heterocycles. The number of anilines is 1. The lowest BCUT2D eigenvalue weighted by molar-refractivity contribution is 1.38. The van der Waals surface area contributed by atoms with Crippen LogP contribution in [0.2, 0.25) is 5.02 Å². The fraction of sp³-hybridized carbons (Fsp3) is 0.250. The first-order valence-corrected chi connectivity index (χ1v) is 4.80. The molecular weight excluding hydrogens is 225 g/mol. The van der Waals surface area contributed by atoms with Gasteiger partial charge in [-0.2, -0.15) is 0 Å². The van der Waals surface area contributed by atoms with Gasteiger partial charge < -0.3 is 5.32 Å². The molecule has 0 radical (unpaired) electrons. The number of nitrogens with one attached hydrogen (secondary N) is 1. The predicted molar refractivity (Wildman–Crippen MR) is 53.6 cm³/mol. The van der Waals surface area contributed by atoms with E-state index in [2.05, 4.69) is 21.2 Å². The number of hydrogen-bond donors (Lipinski definition) is 1. The van der Waals surface area contributed by atoms with Gasteiger partial charge in [-0.3, -0.25) is 0 Å². The minimum Gasteiger partial charge on any atom is -0.388 e. The molecular formula is C8H9BrClN. The van der Waals surface area contributed by atoms with Gasteiger partial charge in [0, 0.05) is 28.7 Å².